The molecule has 1 fully saturated rings. The van der Waals surface area contributed by atoms with Gasteiger partial charge in [0.15, 0.2) is 5.82 Å². The fourth-order valence-corrected chi connectivity index (χ4v) is 4.19. The summed E-state index contributed by atoms with van der Waals surface area (Å²) in [5, 5.41) is 6.83. The molecule has 1 aliphatic heterocycles. The number of aromatic amines is 1. The number of nitrogens with one attached hydrogen (secondary N) is 2. The Balaban J connectivity index is 1.33. The average molecular weight is 500 g/mol. The normalized spacial score (nSPS) is 15.4. The van der Waals surface area contributed by atoms with E-state index in [1.165, 1.54) is 12.4 Å². The number of nitrogens with two attached hydrogens (primary N) is 1. The van der Waals surface area contributed by atoms with Crippen LogP contribution >= 0.6 is 0 Å². The second-order valence-corrected chi connectivity index (χ2v) is 8.70. The third-order valence-electron chi connectivity index (χ3n) is 6.14. The van der Waals surface area contributed by atoms with Gasteiger partial charge in [-0.2, -0.15) is 13.2 Å². The number of halogens is 3. The van der Waals surface area contributed by atoms with Gasteiger partial charge in [0.05, 0.1) is 22.6 Å². The van der Waals surface area contributed by atoms with Gasteiger partial charge in [-0.25, -0.2) is 15.0 Å². The summed E-state index contributed by atoms with van der Waals surface area (Å²) in [5.74, 6) is 0.269. The van der Waals surface area contributed by atoms with Crippen LogP contribution in [0.3, 0.4) is 0 Å². The quantitative estimate of drug-likeness (QED) is 0.364. The van der Waals surface area contributed by atoms with Crippen molar-refractivity contribution in [1.82, 2.24) is 35.3 Å². The maximum atomic E-state index is 13.0. The summed E-state index contributed by atoms with van der Waals surface area (Å²) in [6, 6.07) is 4.23. The van der Waals surface area contributed by atoms with Crippen LogP contribution in [-0.2, 0) is 12.7 Å². The number of H-pyrrole nitrogens is 1. The Morgan fingerprint density at radius 3 is 2.78 bits per heavy atom. The molecule has 10 nitrogen and oxygen atoms in total. The van der Waals surface area contributed by atoms with Crippen molar-refractivity contribution in [2.24, 2.45) is 0 Å². The number of nitrogen functional groups attached to an aromatic ring is 1. The van der Waals surface area contributed by atoms with E-state index in [0.29, 0.717) is 23.3 Å². The van der Waals surface area contributed by atoms with E-state index in [2.05, 4.69) is 35.3 Å². The molecule has 0 saturated carbocycles. The number of fused-ring (bicyclic) bond motifs is 1. The number of carbonyl (C=O) groups is 1. The highest BCUT2D eigenvalue weighted by molar-refractivity contribution is 5.94. The first kappa shape index (κ1) is 23.7. The molecule has 4 heterocycles. The minimum Gasteiger partial charge on any atom is -0.383 e. The highest BCUT2D eigenvalue weighted by atomic mass is 19.4. The lowest BCUT2D eigenvalue weighted by molar-refractivity contribution is -0.137. The van der Waals surface area contributed by atoms with Crippen molar-refractivity contribution in [2.75, 3.05) is 18.8 Å². The van der Waals surface area contributed by atoms with Crippen LogP contribution in [0.2, 0.25) is 0 Å². The molecule has 0 aliphatic carbocycles. The summed E-state index contributed by atoms with van der Waals surface area (Å²) in [6.45, 7) is 4.05. The number of likely N-dealkylation sites (tertiary alicyclic amines) is 1. The van der Waals surface area contributed by atoms with E-state index in [-0.39, 0.29) is 28.6 Å². The lowest BCUT2D eigenvalue weighted by Gasteiger charge is -2.18. The van der Waals surface area contributed by atoms with Crippen molar-refractivity contribution in [1.29, 1.82) is 0 Å². The Labute approximate surface area is 203 Å². The SMILES string of the molecule is C[C@H](NC(=O)c1ncnc(N)c1CN1CCCC1)c1cc(-c2nc3ccc(C(F)(F)F)cc3[nH]2)on1. The van der Waals surface area contributed by atoms with Crippen molar-refractivity contribution in [3.05, 3.63) is 53.1 Å². The molecular weight excluding hydrogens is 477 g/mol. The van der Waals surface area contributed by atoms with Crippen LogP contribution in [0.15, 0.2) is 35.1 Å². The Morgan fingerprint density at radius 1 is 1.25 bits per heavy atom. The zero-order chi connectivity index (χ0) is 25.4. The topological polar surface area (TPSA) is 139 Å². The van der Waals surface area contributed by atoms with Crippen molar-refractivity contribution < 1.29 is 22.5 Å². The highest BCUT2D eigenvalue weighted by Gasteiger charge is 2.31. The summed E-state index contributed by atoms with van der Waals surface area (Å²) in [4.78, 5) is 30.5. The Kier molecular flexibility index (Phi) is 6.08. The molecule has 1 aromatic carbocycles. The van der Waals surface area contributed by atoms with Gasteiger partial charge in [-0.05, 0) is 51.1 Å². The number of alkyl halides is 3. The van der Waals surface area contributed by atoms with Gasteiger partial charge in [0.25, 0.3) is 5.91 Å². The number of hydrogen-bond donors (Lipinski definition) is 3. The second-order valence-electron chi connectivity index (χ2n) is 8.70. The molecule has 0 radical (unpaired) electrons. The molecule has 4 N–H and O–H groups in total. The van der Waals surface area contributed by atoms with Gasteiger partial charge in [0, 0.05) is 18.2 Å². The standard InChI is InChI=1S/C23H23F3N8O2/c1-12(30-22(35)19-14(20(27)29-11-28-19)10-34-6-2-3-7-34)16-9-18(36-33-16)21-31-15-5-4-13(23(24,25)26)8-17(15)32-21/h4-5,8-9,11-12H,2-3,6-7,10H2,1H3,(H,30,35)(H,31,32)(H2,27,28,29)/t12-/m0/s1. The largest absolute Gasteiger partial charge is 0.416 e. The molecule has 36 heavy (non-hydrogen) atoms. The van der Waals surface area contributed by atoms with E-state index in [9.17, 15) is 18.0 Å². The second kappa shape index (κ2) is 9.22. The number of nitrogens with zero attached hydrogens (tertiary/aromatic N) is 5. The van der Waals surface area contributed by atoms with Crippen LogP contribution in [0.4, 0.5) is 19.0 Å². The van der Waals surface area contributed by atoms with E-state index >= 15 is 0 Å². The van der Waals surface area contributed by atoms with Crippen molar-refractivity contribution >= 4 is 22.8 Å². The number of rotatable bonds is 6. The van der Waals surface area contributed by atoms with Crippen LogP contribution in [0.1, 0.15) is 53.1 Å². The molecule has 5 rings (SSSR count). The van der Waals surface area contributed by atoms with Crippen LogP contribution in [-0.4, -0.2) is 49.0 Å². The zero-order valence-electron chi connectivity index (χ0n) is 19.3. The fraction of sp³-hybridized carbons (Fsp3) is 0.348. The average Bonchev–Trinajstić information content (AvgIpc) is 3.59. The molecular formula is C23H23F3N8O2. The van der Waals surface area contributed by atoms with Gasteiger partial charge in [-0.3, -0.25) is 9.69 Å². The number of imidazole rings is 1. The lowest BCUT2D eigenvalue weighted by Crippen LogP contribution is -2.30. The number of anilines is 1. The van der Waals surface area contributed by atoms with Gasteiger partial charge < -0.3 is 20.6 Å². The van der Waals surface area contributed by atoms with E-state index in [1.807, 2.05) is 0 Å². The molecule has 0 bridgehead atoms. The maximum absolute atomic E-state index is 13.0. The third kappa shape index (κ3) is 4.73. The van der Waals surface area contributed by atoms with Crippen LogP contribution in [0, 0.1) is 0 Å². The van der Waals surface area contributed by atoms with Crippen molar-refractivity contribution in [3.8, 4) is 11.6 Å². The monoisotopic (exact) mass is 500 g/mol. The first-order chi connectivity index (χ1) is 17.2. The number of aromatic nitrogens is 5. The lowest BCUT2D eigenvalue weighted by atomic mass is 10.1. The van der Waals surface area contributed by atoms with Gasteiger partial charge >= 0.3 is 6.18 Å². The molecule has 13 heteroatoms. The minimum atomic E-state index is -4.46. The van der Waals surface area contributed by atoms with E-state index in [0.717, 1.165) is 38.1 Å². The number of carbonyl (C=O) groups excluding carboxylic acids is 1. The highest BCUT2D eigenvalue weighted by Crippen LogP contribution is 2.32. The van der Waals surface area contributed by atoms with E-state index in [4.69, 9.17) is 10.3 Å². The summed E-state index contributed by atoms with van der Waals surface area (Å²) in [7, 11) is 0. The Bertz CT molecular complexity index is 1410. The summed E-state index contributed by atoms with van der Waals surface area (Å²) in [6.07, 6.45) is -1.03. The number of hydrogen-bond acceptors (Lipinski definition) is 8. The molecule has 1 aliphatic rings. The molecule has 1 saturated heterocycles. The van der Waals surface area contributed by atoms with Crippen LogP contribution in [0.25, 0.3) is 22.6 Å². The minimum absolute atomic E-state index is 0.197. The van der Waals surface area contributed by atoms with Gasteiger partial charge in [-0.1, -0.05) is 5.16 Å². The first-order valence-corrected chi connectivity index (χ1v) is 11.4. The number of amides is 1. The Hall–Kier alpha value is -4.00. The smallest absolute Gasteiger partial charge is 0.383 e. The molecule has 1 atom stereocenters. The van der Waals surface area contributed by atoms with Crippen molar-refractivity contribution in [3.63, 3.8) is 0 Å². The van der Waals surface area contributed by atoms with E-state index in [1.54, 1.807) is 13.0 Å². The molecule has 1 amide bonds. The summed E-state index contributed by atoms with van der Waals surface area (Å²) < 4.78 is 44.3. The molecule has 3 aromatic heterocycles. The van der Waals surface area contributed by atoms with Crippen molar-refractivity contribution in [2.45, 2.75) is 38.5 Å². The Morgan fingerprint density at radius 2 is 2.03 bits per heavy atom. The molecule has 0 unspecified atom stereocenters. The van der Waals surface area contributed by atoms with E-state index < -0.39 is 23.7 Å². The zero-order valence-corrected chi connectivity index (χ0v) is 19.3. The maximum Gasteiger partial charge on any atom is 0.416 e. The summed E-state index contributed by atoms with van der Waals surface area (Å²) in [5.41, 5.74) is 7.01. The first-order valence-electron chi connectivity index (χ1n) is 11.4. The molecule has 188 valence electrons. The predicted octanol–water partition coefficient (Wildman–Crippen LogP) is 3.70. The van der Waals surface area contributed by atoms with Gasteiger partial charge in [0.1, 0.15) is 23.5 Å². The third-order valence-corrected chi connectivity index (χ3v) is 6.14. The molecule has 0 spiro atoms. The van der Waals surface area contributed by atoms with Gasteiger partial charge in [-0.15, -0.1) is 0 Å². The predicted molar refractivity (Wildman–Crippen MR) is 123 cm³/mol. The fourth-order valence-electron chi connectivity index (χ4n) is 4.19. The van der Waals surface area contributed by atoms with Crippen LogP contribution < -0.4 is 11.1 Å². The molecule has 4 aromatic rings. The van der Waals surface area contributed by atoms with Crippen LogP contribution in [0.5, 0.6) is 0 Å². The summed E-state index contributed by atoms with van der Waals surface area (Å²) >= 11 is 0. The number of benzene rings is 1. The van der Waals surface area contributed by atoms with Gasteiger partial charge in [0.2, 0.25) is 5.76 Å².